The Bertz CT molecular complexity index is 753. The number of methoxy groups -OCH3 is 1. The number of nitrogens with two attached hydrogens (primary N) is 1. The molecular weight excluding hydrogens is 394 g/mol. The van der Waals surface area contributed by atoms with Gasteiger partial charge in [-0.15, -0.1) is 0 Å². The van der Waals surface area contributed by atoms with E-state index in [4.69, 9.17) is 20.7 Å². The minimum absolute atomic E-state index is 0.00468. The molecule has 0 saturated carbocycles. The van der Waals surface area contributed by atoms with E-state index in [0.717, 1.165) is 35.6 Å². The number of nitrogens with zero attached hydrogens (tertiary/aromatic N) is 2. The van der Waals surface area contributed by atoms with Crippen molar-refractivity contribution in [3.63, 3.8) is 0 Å². The van der Waals surface area contributed by atoms with Crippen LogP contribution < -0.4 is 21.7 Å². The second-order valence-electron chi connectivity index (χ2n) is 7.32. The highest BCUT2D eigenvalue weighted by Crippen LogP contribution is 2.13. The second-order valence-corrected chi connectivity index (χ2v) is 7.32. The molecule has 9 nitrogen and oxygen atoms in total. The number of hydroxylamine groups is 2. The fourth-order valence-electron chi connectivity index (χ4n) is 3.12. The number of aliphatic imine (C=N–C) groups is 1. The molecule has 1 saturated heterocycles. The summed E-state index contributed by atoms with van der Waals surface area (Å²) in [5, 5.41) is 19.3. The van der Waals surface area contributed by atoms with E-state index in [0.29, 0.717) is 31.3 Å². The lowest BCUT2D eigenvalue weighted by atomic mass is 10.0. The minimum Gasteiger partial charge on any atom is -0.383 e. The van der Waals surface area contributed by atoms with Crippen molar-refractivity contribution in [2.75, 3.05) is 47.0 Å². The summed E-state index contributed by atoms with van der Waals surface area (Å²) in [5.41, 5.74) is 9.99. The zero-order valence-corrected chi connectivity index (χ0v) is 19.8. The Morgan fingerprint density at radius 3 is 2.65 bits per heavy atom. The number of ether oxygens (including phenoxy) is 1. The quantitative estimate of drug-likeness (QED) is 0.170. The van der Waals surface area contributed by atoms with Gasteiger partial charge in [0.05, 0.1) is 36.5 Å². The number of hydrogen-bond acceptors (Lipinski definition) is 8. The summed E-state index contributed by atoms with van der Waals surface area (Å²) in [6.45, 7) is 15.5. The molecule has 0 aromatic rings. The second kappa shape index (κ2) is 13.6. The van der Waals surface area contributed by atoms with Crippen LogP contribution in [-0.4, -0.2) is 69.7 Å². The van der Waals surface area contributed by atoms with Crippen LogP contribution in [0, 0.1) is 5.41 Å². The van der Waals surface area contributed by atoms with E-state index in [9.17, 15) is 0 Å². The molecule has 1 rings (SSSR count). The van der Waals surface area contributed by atoms with Crippen molar-refractivity contribution in [2.24, 2.45) is 10.7 Å². The Morgan fingerprint density at radius 2 is 2.06 bits per heavy atom. The number of nitrogens with one attached hydrogen (secondary N) is 4. The number of hydrogen-bond donors (Lipinski definition) is 5. The number of likely N-dealkylation sites (N-methyl/N-ethyl adjacent to an activating group) is 1. The Balaban J connectivity index is 2.78. The monoisotopic (exact) mass is 433 g/mol. The van der Waals surface area contributed by atoms with E-state index in [1.165, 1.54) is 0 Å². The summed E-state index contributed by atoms with van der Waals surface area (Å²) in [5.74, 6) is 0.715. The van der Waals surface area contributed by atoms with Gasteiger partial charge in [-0.25, -0.2) is 0 Å². The Labute approximate surface area is 186 Å². The molecule has 0 aromatic carbocycles. The number of rotatable bonds is 13. The summed E-state index contributed by atoms with van der Waals surface area (Å²) in [7, 11) is 3.45. The Kier molecular flexibility index (Phi) is 11.6. The van der Waals surface area contributed by atoms with E-state index in [2.05, 4.69) is 27.5 Å². The molecule has 0 aromatic heterocycles. The van der Waals surface area contributed by atoms with Gasteiger partial charge >= 0.3 is 0 Å². The predicted octanol–water partition coefficient (Wildman–Crippen LogP) is 1.64. The molecule has 1 atom stereocenters. The highest BCUT2D eigenvalue weighted by atomic mass is 16.7. The van der Waals surface area contributed by atoms with Crippen molar-refractivity contribution in [1.82, 2.24) is 21.0 Å². The molecule has 6 N–H and O–H groups in total. The molecular formula is C22H39N7O2. The third-order valence-electron chi connectivity index (χ3n) is 4.82. The van der Waals surface area contributed by atoms with Crippen LogP contribution in [0.2, 0.25) is 0 Å². The molecule has 31 heavy (non-hydrogen) atoms. The van der Waals surface area contributed by atoms with Crippen molar-refractivity contribution < 1.29 is 9.57 Å². The van der Waals surface area contributed by atoms with Gasteiger partial charge in [0.2, 0.25) is 0 Å². The van der Waals surface area contributed by atoms with Crippen LogP contribution in [0.5, 0.6) is 0 Å². The Morgan fingerprint density at radius 1 is 1.35 bits per heavy atom. The standard InChI is InChI=1S/C22H39N7O2/c1-8-26-20(22(23)24)10-9-15(2)21(25-6)16(3)17(4)27-18(5)28-19-13-29(31-14-19)11-12-30-7/h9-10,19,26-28H,5,8,11-14H2,1-4,6-7H3,(H3,23,24)/b15-9+,17-16+,20-10-,25-21?/t19-/m1/s1. The molecule has 0 bridgehead atoms. The normalized spacial score (nSPS) is 19.2. The van der Waals surface area contributed by atoms with Crippen molar-refractivity contribution in [3.05, 3.63) is 47.1 Å². The lowest BCUT2D eigenvalue weighted by molar-refractivity contribution is -0.118. The van der Waals surface area contributed by atoms with E-state index in [1.54, 1.807) is 20.2 Å². The first kappa shape index (κ1) is 26.4. The fraction of sp³-hybridized carbons (Fsp3) is 0.545. The first-order valence-corrected chi connectivity index (χ1v) is 10.4. The average molecular weight is 434 g/mol. The topological polar surface area (TPSA) is 120 Å². The zero-order valence-electron chi connectivity index (χ0n) is 19.8. The van der Waals surface area contributed by atoms with Gasteiger partial charge in [-0.2, -0.15) is 5.06 Å². The number of allylic oxidation sites excluding steroid dienone is 5. The maximum atomic E-state index is 7.65. The summed E-state index contributed by atoms with van der Waals surface area (Å²) < 4.78 is 5.09. The maximum absolute atomic E-state index is 7.65. The molecule has 0 spiro atoms. The molecule has 0 amide bonds. The molecule has 174 valence electrons. The summed E-state index contributed by atoms with van der Waals surface area (Å²) in [6, 6.07) is 0.159. The van der Waals surface area contributed by atoms with Gasteiger partial charge in [0.15, 0.2) is 0 Å². The SMILES string of the molecule is C=C(N/C(C)=C(\C)C(=NC)/C(C)=C/C=C(\NCC)C(=N)N)N[C@H]1CON(CCOC)C1. The van der Waals surface area contributed by atoms with Gasteiger partial charge < -0.3 is 26.4 Å². The first-order valence-electron chi connectivity index (χ1n) is 10.4. The van der Waals surface area contributed by atoms with Gasteiger partial charge in [0.25, 0.3) is 0 Å². The van der Waals surface area contributed by atoms with Crippen LogP contribution in [0.4, 0.5) is 0 Å². The predicted molar refractivity (Wildman–Crippen MR) is 128 cm³/mol. The first-order chi connectivity index (χ1) is 14.7. The van der Waals surface area contributed by atoms with E-state index < -0.39 is 0 Å². The van der Waals surface area contributed by atoms with Crippen LogP contribution in [0.1, 0.15) is 27.7 Å². The molecule has 1 fully saturated rings. The zero-order chi connectivity index (χ0) is 23.4. The van der Waals surface area contributed by atoms with E-state index in [1.807, 2.05) is 38.8 Å². The fourth-order valence-corrected chi connectivity index (χ4v) is 3.12. The van der Waals surface area contributed by atoms with Crippen LogP contribution in [0.15, 0.2) is 52.1 Å². The van der Waals surface area contributed by atoms with Gasteiger partial charge in [0.1, 0.15) is 5.84 Å². The van der Waals surface area contributed by atoms with Crippen molar-refractivity contribution in [1.29, 1.82) is 5.41 Å². The van der Waals surface area contributed by atoms with Crippen molar-refractivity contribution in [3.8, 4) is 0 Å². The smallest absolute Gasteiger partial charge is 0.139 e. The number of amidine groups is 1. The molecule has 9 heteroatoms. The van der Waals surface area contributed by atoms with Gasteiger partial charge in [-0.3, -0.25) is 15.2 Å². The lowest BCUT2D eigenvalue weighted by Crippen LogP contribution is -2.38. The highest BCUT2D eigenvalue weighted by molar-refractivity contribution is 6.12. The lowest BCUT2D eigenvalue weighted by Gasteiger charge is -2.19. The van der Waals surface area contributed by atoms with Crippen LogP contribution in [0.3, 0.4) is 0 Å². The van der Waals surface area contributed by atoms with Crippen LogP contribution in [-0.2, 0) is 9.57 Å². The molecule has 1 aliphatic heterocycles. The van der Waals surface area contributed by atoms with E-state index in [-0.39, 0.29) is 11.9 Å². The van der Waals surface area contributed by atoms with Crippen molar-refractivity contribution >= 4 is 11.5 Å². The highest BCUT2D eigenvalue weighted by Gasteiger charge is 2.23. The van der Waals surface area contributed by atoms with Crippen LogP contribution >= 0.6 is 0 Å². The van der Waals surface area contributed by atoms with Crippen molar-refractivity contribution in [2.45, 2.75) is 33.7 Å². The summed E-state index contributed by atoms with van der Waals surface area (Å²) in [6.07, 6.45) is 3.72. The maximum Gasteiger partial charge on any atom is 0.139 e. The third kappa shape index (κ3) is 8.95. The average Bonchev–Trinajstić information content (AvgIpc) is 3.16. The Hall–Kier alpha value is -2.62. The molecule has 0 radical (unpaired) electrons. The summed E-state index contributed by atoms with van der Waals surface area (Å²) >= 11 is 0. The van der Waals surface area contributed by atoms with Crippen LogP contribution in [0.25, 0.3) is 0 Å². The molecule has 1 heterocycles. The van der Waals surface area contributed by atoms with E-state index >= 15 is 0 Å². The van der Waals surface area contributed by atoms with Gasteiger partial charge in [-0.1, -0.05) is 12.7 Å². The van der Waals surface area contributed by atoms with Gasteiger partial charge in [-0.05, 0) is 44.9 Å². The molecule has 0 unspecified atom stereocenters. The third-order valence-corrected chi connectivity index (χ3v) is 4.82. The molecule has 1 aliphatic rings. The van der Waals surface area contributed by atoms with Gasteiger partial charge in [0, 0.05) is 39.5 Å². The summed E-state index contributed by atoms with van der Waals surface area (Å²) in [4.78, 5) is 10.1. The molecule has 0 aliphatic carbocycles. The largest absolute Gasteiger partial charge is 0.383 e. The minimum atomic E-state index is 0.00468.